The van der Waals surface area contributed by atoms with Crippen LogP contribution in [-0.4, -0.2) is 15.7 Å². The summed E-state index contributed by atoms with van der Waals surface area (Å²) in [4.78, 5) is 14.6. The Morgan fingerprint density at radius 2 is 1.83 bits per heavy atom. The molecule has 2 aromatic carbocycles. The SMILES string of the molecule is CC(C(=O)Nc1ccccc1Sc1ccccc1)n1cccn1. The van der Waals surface area contributed by atoms with Crippen molar-refractivity contribution >= 4 is 23.4 Å². The quantitative estimate of drug-likeness (QED) is 0.764. The molecule has 0 fully saturated rings. The Labute approximate surface area is 139 Å². The van der Waals surface area contributed by atoms with Crippen LogP contribution in [-0.2, 0) is 4.79 Å². The van der Waals surface area contributed by atoms with E-state index >= 15 is 0 Å². The van der Waals surface area contributed by atoms with Crippen LogP contribution in [0.25, 0.3) is 0 Å². The average Bonchev–Trinajstić information content (AvgIpc) is 3.11. The number of para-hydroxylation sites is 1. The summed E-state index contributed by atoms with van der Waals surface area (Å²) in [5.74, 6) is -0.0881. The summed E-state index contributed by atoms with van der Waals surface area (Å²) in [7, 11) is 0. The lowest BCUT2D eigenvalue weighted by Gasteiger charge is -2.15. The Hall–Kier alpha value is -2.53. The van der Waals surface area contributed by atoms with E-state index in [1.807, 2.05) is 55.5 Å². The Kier molecular flexibility index (Phi) is 4.78. The summed E-state index contributed by atoms with van der Waals surface area (Å²) >= 11 is 1.63. The first kappa shape index (κ1) is 15.4. The Morgan fingerprint density at radius 1 is 1.09 bits per heavy atom. The van der Waals surface area contributed by atoms with Gasteiger partial charge >= 0.3 is 0 Å². The molecule has 23 heavy (non-hydrogen) atoms. The van der Waals surface area contributed by atoms with E-state index in [4.69, 9.17) is 0 Å². The van der Waals surface area contributed by atoms with E-state index in [0.717, 1.165) is 15.5 Å². The third-order valence-electron chi connectivity index (χ3n) is 3.42. The molecule has 1 amide bonds. The van der Waals surface area contributed by atoms with Gasteiger partial charge in [0.1, 0.15) is 6.04 Å². The first-order chi connectivity index (χ1) is 11.2. The summed E-state index contributed by atoms with van der Waals surface area (Å²) < 4.78 is 1.64. The van der Waals surface area contributed by atoms with E-state index in [1.165, 1.54) is 0 Å². The second-order valence-electron chi connectivity index (χ2n) is 5.06. The van der Waals surface area contributed by atoms with E-state index in [-0.39, 0.29) is 11.9 Å². The van der Waals surface area contributed by atoms with Gasteiger partial charge in [-0.15, -0.1) is 0 Å². The minimum atomic E-state index is -0.361. The number of aromatic nitrogens is 2. The molecule has 1 N–H and O–H groups in total. The fraction of sp³-hybridized carbons (Fsp3) is 0.111. The van der Waals surface area contributed by atoms with Gasteiger partial charge in [0.25, 0.3) is 0 Å². The van der Waals surface area contributed by atoms with Crippen LogP contribution in [0.4, 0.5) is 5.69 Å². The minimum absolute atomic E-state index is 0.0881. The van der Waals surface area contributed by atoms with E-state index in [1.54, 1.807) is 28.8 Å². The molecule has 0 aliphatic heterocycles. The van der Waals surface area contributed by atoms with E-state index in [0.29, 0.717) is 0 Å². The standard InChI is InChI=1S/C18H17N3OS/c1-14(21-13-7-12-19-21)18(22)20-16-10-5-6-11-17(16)23-15-8-3-2-4-9-15/h2-14H,1H3,(H,20,22). The Bertz CT molecular complexity index is 772. The minimum Gasteiger partial charge on any atom is -0.323 e. The van der Waals surface area contributed by atoms with Gasteiger partial charge in [-0.3, -0.25) is 9.48 Å². The number of nitrogens with zero attached hydrogens (tertiary/aromatic N) is 2. The van der Waals surface area contributed by atoms with Crippen molar-refractivity contribution in [2.75, 3.05) is 5.32 Å². The molecule has 3 aromatic rings. The van der Waals surface area contributed by atoms with Gasteiger partial charge in [0, 0.05) is 22.2 Å². The van der Waals surface area contributed by atoms with Crippen molar-refractivity contribution in [2.45, 2.75) is 22.8 Å². The number of anilines is 1. The van der Waals surface area contributed by atoms with Crippen molar-refractivity contribution < 1.29 is 4.79 Å². The Balaban J connectivity index is 1.76. The molecule has 0 saturated carbocycles. The van der Waals surface area contributed by atoms with Crippen LogP contribution in [0.5, 0.6) is 0 Å². The smallest absolute Gasteiger partial charge is 0.248 e. The van der Waals surface area contributed by atoms with E-state index in [9.17, 15) is 4.79 Å². The molecule has 0 saturated heterocycles. The van der Waals surface area contributed by atoms with Crippen molar-refractivity contribution in [1.82, 2.24) is 9.78 Å². The van der Waals surface area contributed by atoms with Crippen LogP contribution in [0.3, 0.4) is 0 Å². The van der Waals surface area contributed by atoms with Crippen LogP contribution in [0.1, 0.15) is 13.0 Å². The molecule has 1 unspecified atom stereocenters. The van der Waals surface area contributed by atoms with E-state index < -0.39 is 0 Å². The third kappa shape index (κ3) is 3.81. The molecule has 1 heterocycles. The van der Waals surface area contributed by atoms with Gasteiger partial charge in [0.15, 0.2) is 0 Å². The maximum Gasteiger partial charge on any atom is 0.248 e. The molecule has 0 aliphatic rings. The lowest BCUT2D eigenvalue weighted by Crippen LogP contribution is -2.24. The van der Waals surface area contributed by atoms with Gasteiger partial charge in [-0.1, -0.05) is 42.1 Å². The molecule has 1 atom stereocenters. The van der Waals surface area contributed by atoms with Crippen LogP contribution >= 0.6 is 11.8 Å². The molecule has 0 radical (unpaired) electrons. The molecular formula is C18H17N3OS. The molecular weight excluding hydrogens is 306 g/mol. The molecule has 3 rings (SSSR count). The summed E-state index contributed by atoms with van der Waals surface area (Å²) in [6.45, 7) is 1.83. The maximum atomic E-state index is 12.4. The van der Waals surface area contributed by atoms with Gasteiger partial charge in [0.2, 0.25) is 5.91 Å². The predicted octanol–water partition coefficient (Wildman–Crippen LogP) is 4.23. The van der Waals surface area contributed by atoms with Crippen molar-refractivity contribution in [3.05, 3.63) is 73.1 Å². The van der Waals surface area contributed by atoms with Gasteiger partial charge in [-0.25, -0.2) is 0 Å². The lowest BCUT2D eigenvalue weighted by atomic mass is 10.2. The van der Waals surface area contributed by atoms with Crippen molar-refractivity contribution in [3.63, 3.8) is 0 Å². The second kappa shape index (κ2) is 7.15. The maximum absolute atomic E-state index is 12.4. The summed E-state index contributed by atoms with van der Waals surface area (Å²) in [6.07, 6.45) is 3.46. The molecule has 0 bridgehead atoms. The fourth-order valence-corrected chi connectivity index (χ4v) is 3.06. The largest absolute Gasteiger partial charge is 0.323 e. The van der Waals surface area contributed by atoms with E-state index in [2.05, 4.69) is 22.5 Å². The molecule has 116 valence electrons. The van der Waals surface area contributed by atoms with Gasteiger partial charge in [-0.2, -0.15) is 5.10 Å². The lowest BCUT2D eigenvalue weighted by molar-refractivity contribution is -0.119. The van der Waals surface area contributed by atoms with Crippen LogP contribution in [0, 0.1) is 0 Å². The highest BCUT2D eigenvalue weighted by molar-refractivity contribution is 7.99. The zero-order valence-electron chi connectivity index (χ0n) is 12.7. The molecule has 1 aromatic heterocycles. The Morgan fingerprint density at radius 3 is 2.57 bits per heavy atom. The van der Waals surface area contributed by atoms with Gasteiger partial charge < -0.3 is 5.32 Å². The monoisotopic (exact) mass is 323 g/mol. The second-order valence-corrected chi connectivity index (χ2v) is 6.18. The van der Waals surface area contributed by atoms with Crippen LogP contribution in [0.2, 0.25) is 0 Å². The normalized spacial score (nSPS) is 11.9. The fourth-order valence-electron chi connectivity index (χ4n) is 2.14. The van der Waals surface area contributed by atoms with Crippen molar-refractivity contribution in [1.29, 1.82) is 0 Å². The highest BCUT2D eigenvalue weighted by atomic mass is 32.2. The molecule has 0 aliphatic carbocycles. The third-order valence-corrected chi connectivity index (χ3v) is 4.50. The average molecular weight is 323 g/mol. The summed E-state index contributed by atoms with van der Waals surface area (Å²) in [6, 6.07) is 19.4. The molecule has 0 spiro atoms. The van der Waals surface area contributed by atoms with Gasteiger partial charge in [0.05, 0.1) is 5.69 Å². The van der Waals surface area contributed by atoms with Crippen molar-refractivity contribution in [2.24, 2.45) is 0 Å². The van der Waals surface area contributed by atoms with Crippen molar-refractivity contribution in [3.8, 4) is 0 Å². The highest BCUT2D eigenvalue weighted by Crippen LogP contribution is 2.33. The van der Waals surface area contributed by atoms with Crippen LogP contribution in [0.15, 0.2) is 82.8 Å². The number of benzene rings is 2. The zero-order valence-corrected chi connectivity index (χ0v) is 13.5. The number of nitrogens with one attached hydrogen (secondary N) is 1. The number of hydrogen-bond donors (Lipinski definition) is 1. The van der Waals surface area contributed by atoms with Gasteiger partial charge in [-0.05, 0) is 37.3 Å². The number of hydrogen-bond acceptors (Lipinski definition) is 3. The first-order valence-corrected chi connectivity index (χ1v) is 8.17. The number of carbonyl (C=O) groups is 1. The first-order valence-electron chi connectivity index (χ1n) is 7.36. The zero-order chi connectivity index (χ0) is 16.1. The predicted molar refractivity (Wildman–Crippen MR) is 92.6 cm³/mol. The number of rotatable bonds is 5. The van der Waals surface area contributed by atoms with Crippen LogP contribution < -0.4 is 5.32 Å². The molecule has 4 nitrogen and oxygen atoms in total. The topological polar surface area (TPSA) is 46.9 Å². The highest BCUT2D eigenvalue weighted by Gasteiger charge is 2.16. The summed E-state index contributed by atoms with van der Waals surface area (Å²) in [5, 5.41) is 7.12. The summed E-state index contributed by atoms with van der Waals surface area (Å²) in [5.41, 5.74) is 0.811. The molecule has 5 heteroatoms. The number of amides is 1. The number of carbonyl (C=O) groups excluding carboxylic acids is 1.